The first-order chi connectivity index (χ1) is 6.56. The number of methoxy groups -OCH3 is 1. The largest absolute Gasteiger partial charge is 0.494 e. The maximum atomic E-state index is 12.2. The predicted octanol–water partition coefficient (Wildman–Crippen LogP) is 1.13. The Morgan fingerprint density at radius 2 is 2.21 bits per heavy atom. The van der Waals surface area contributed by atoms with E-state index in [9.17, 15) is 13.6 Å². The van der Waals surface area contributed by atoms with Gasteiger partial charge < -0.3 is 10.5 Å². The highest BCUT2D eigenvalue weighted by Crippen LogP contribution is 2.21. The van der Waals surface area contributed by atoms with Gasteiger partial charge in [0.25, 0.3) is 12.3 Å². The van der Waals surface area contributed by atoms with E-state index in [0.717, 1.165) is 6.07 Å². The van der Waals surface area contributed by atoms with E-state index in [2.05, 4.69) is 4.98 Å². The molecule has 2 N–H and O–H groups in total. The molecule has 0 spiro atoms. The summed E-state index contributed by atoms with van der Waals surface area (Å²) in [5, 5.41) is 0. The number of hydrogen-bond acceptors (Lipinski definition) is 3. The van der Waals surface area contributed by atoms with Crippen molar-refractivity contribution in [2.24, 2.45) is 5.73 Å². The first kappa shape index (κ1) is 10.4. The van der Waals surface area contributed by atoms with Crippen LogP contribution in [-0.4, -0.2) is 18.0 Å². The van der Waals surface area contributed by atoms with Crippen LogP contribution >= 0.6 is 0 Å². The fourth-order valence-corrected chi connectivity index (χ4v) is 0.924. The minimum absolute atomic E-state index is 0.0851. The quantitative estimate of drug-likeness (QED) is 0.798. The number of amides is 1. The SMILES string of the molecule is COc1ccc(C(F)F)nc1C(N)=O. The number of pyridine rings is 1. The summed E-state index contributed by atoms with van der Waals surface area (Å²) in [6.07, 6.45) is -2.74. The van der Waals surface area contributed by atoms with Crippen LogP contribution in [0.25, 0.3) is 0 Å². The molecule has 0 aliphatic heterocycles. The highest BCUT2D eigenvalue weighted by atomic mass is 19.3. The summed E-state index contributed by atoms with van der Waals surface area (Å²) in [6.45, 7) is 0. The Balaban J connectivity index is 3.21. The van der Waals surface area contributed by atoms with Crippen molar-refractivity contribution in [2.75, 3.05) is 7.11 Å². The molecule has 0 fully saturated rings. The smallest absolute Gasteiger partial charge is 0.280 e. The van der Waals surface area contributed by atoms with E-state index in [1.165, 1.54) is 13.2 Å². The molecule has 1 amide bonds. The molecule has 6 heteroatoms. The lowest BCUT2D eigenvalue weighted by molar-refractivity contribution is 0.0990. The van der Waals surface area contributed by atoms with E-state index < -0.39 is 18.0 Å². The van der Waals surface area contributed by atoms with Gasteiger partial charge in [-0.1, -0.05) is 0 Å². The van der Waals surface area contributed by atoms with Crippen molar-refractivity contribution in [1.82, 2.24) is 4.98 Å². The first-order valence-electron chi connectivity index (χ1n) is 3.69. The van der Waals surface area contributed by atoms with Crippen molar-refractivity contribution < 1.29 is 18.3 Å². The van der Waals surface area contributed by atoms with Gasteiger partial charge in [-0.15, -0.1) is 0 Å². The zero-order chi connectivity index (χ0) is 10.7. The Bertz CT molecular complexity index is 355. The summed E-state index contributed by atoms with van der Waals surface area (Å²) >= 11 is 0. The van der Waals surface area contributed by atoms with Gasteiger partial charge in [0.15, 0.2) is 5.69 Å². The summed E-state index contributed by atoms with van der Waals surface area (Å²) in [5.41, 5.74) is 4.15. The molecule has 14 heavy (non-hydrogen) atoms. The molecule has 1 rings (SSSR count). The second-order valence-corrected chi connectivity index (χ2v) is 2.45. The van der Waals surface area contributed by atoms with Crippen LogP contribution in [0.2, 0.25) is 0 Å². The third-order valence-corrected chi connectivity index (χ3v) is 1.56. The van der Waals surface area contributed by atoms with Crippen molar-refractivity contribution in [3.8, 4) is 5.75 Å². The highest BCUT2D eigenvalue weighted by Gasteiger charge is 2.16. The molecule has 0 aliphatic rings. The minimum atomic E-state index is -2.74. The monoisotopic (exact) mass is 202 g/mol. The van der Waals surface area contributed by atoms with E-state index in [1.54, 1.807) is 0 Å². The summed E-state index contributed by atoms with van der Waals surface area (Å²) in [4.78, 5) is 14.2. The van der Waals surface area contributed by atoms with E-state index in [-0.39, 0.29) is 11.4 Å². The predicted molar refractivity (Wildman–Crippen MR) is 44.3 cm³/mol. The standard InChI is InChI=1S/C8H8F2N2O2/c1-14-5-3-2-4(7(9)10)12-6(5)8(11)13/h2-3,7H,1H3,(H2,11,13). The Kier molecular flexibility index (Phi) is 2.95. The van der Waals surface area contributed by atoms with Gasteiger partial charge >= 0.3 is 0 Å². The van der Waals surface area contributed by atoms with Crippen molar-refractivity contribution in [1.29, 1.82) is 0 Å². The second-order valence-electron chi connectivity index (χ2n) is 2.45. The maximum Gasteiger partial charge on any atom is 0.280 e. The third kappa shape index (κ3) is 1.95. The van der Waals surface area contributed by atoms with Crippen LogP contribution < -0.4 is 10.5 Å². The van der Waals surface area contributed by atoms with E-state index in [0.29, 0.717) is 0 Å². The number of carbonyl (C=O) groups is 1. The summed E-state index contributed by atoms with van der Waals surface area (Å²) < 4.78 is 29.1. The molecule has 0 atom stereocenters. The Morgan fingerprint density at radius 1 is 1.57 bits per heavy atom. The molecule has 0 bridgehead atoms. The van der Waals surface area contributed by atoms with Crippen molar-refractivity contribution >= 4 is 5.91 Å². The van der Waals surface area contributed by atoms with Gasteiger partial charge in [-0.25, -0.2) is 13.8 Å². The number of ether oxygens (including phenoxy) is 1. The van der Waals surface area contributed by atoms with Crippen molar-refractivity contribution in [3.05, 3.63) is 23.5 Å². The number of halogens is 2. The average molecular weight is 202 g/mol. The normalized spacial score (nSPS) is 10.3. The number of hydrogen-bond donors (Lipinski definition) is 1. The number of nitrogens with zero attached hydrogens (tertiary/aromatic N) is 1. The van der Waals surface area contributed by atoms with Crippen LogP contribution in [0, 0.1) is 0 Å². The van der Waals surface area contributed by atoms with Gasteiger partial charge in [-0.2, -0.15) is 0 Å². The fourth-order valence-electron chi connectivity index (χ4n) is 0.924. The average Bonchev–Trinajstić information content (AvgIpc) is 2.16. The molecule has 76 valence electrons. The Morgan fingerprint density at radius 3 is 2.64 bits per heavy atom. The molecule has 0 unspecified atom stereocenters. The number of carbonyl (C=O) groups excluding carboxylic acids is 1. The van der Waals surface area contributed by atoms with Crippen LogP contribution in [0.4, 0.5) is 8.78 Å². The lowest BCUT2D eigenvalue weighted by Crippen LogP contribution is -2.15. The fraction of sp³-hybridized carbons (Fsp3) is 0.250. The van der Waals surface area contributed by atoms with Gasteiger partial charge in [-0.05, 0) is 12.1 Å². The number of alkyl halides is 2. The van der Waals surface area contributed by atoms with Crippen molar-refractivity contribution in [2.45, 2.75) is 6.43 Å². The highest BCUT2D eigenvalue weighted by molar-refractivity contribution is 5.93. The molecule has 0 saturated carbocycles. The Labute approximate surface area is 78.7 Å². The van der Waals surface area contributed by atoms with Crippen LogP contribution in [0.3, 0.4) is 0 Å². The van der Waals surface area contributed by atoms with Gasteiger partial charge in [0.2, 0.25) is 0 Å². The molecule has 1 heterocycles. The Hall–Kier alpha value is -1.72. The van der Waals surface area contributed by atoms with E-state index in [1.807, 2.05) is 0 Å². The maximum absolute atomic E-state index is 12.2. The van der Waals surface area contributed by atoms with Crippen LogP contribution in [0.1, 0.15) is 22.6 Å². The first-order valence-corrected chi connectivity index (χ1v) is 3.69. The lowest BCUT2D eigenvalue weighted by atomic mass is 10.2. The molecule has 1 aromatic rings. The number of nitrogens with two attached hydrogens (primary N) is 1. The number of aromatic nitrogens is 1. The zero-order valence-electron chi connectivity index (χ0n) is 7.33. The lowest BCUT2D eigenvalue weighted by Gasteiger charge is -2.06. The van der Waals surface area contributed by atoms with Crippen LogP contribution in [0.5, 0.6) is 5.75 Å². The van der Waals surface area contributed by atoms with Gasteiger partial charge in [0, 0.05) is 0 Å². The van der Waals surface area contributed by atoms with Crippen molar-refractivity contribution in [3.63, 3.8) is 0 Å². The third-order valence-electron chi connectivity index (χ3n) is 1.56. The number of rotatable bonds is 3. The minimum Gasteiger partial charge on any atom is -0.494 e. The van der Waals surface area contributed by atoms with Gasteiger partial charge in [0.1, 0.15) is 11.4 Å². The van der Waals surface area contributed by atoms with Gasteiger partial charge in [0.05, 0.1) is 7.11 Å². The summed E-state index contributed by atoms with van der Waals surface area (Å²) in [5.74, 6) is -0.814. The molecule has 0 radical (unpaired) electrons. The molecule has 0 aromatic carbocycles. The van der Waals surface area contributed by atoms with E-state index >= 15 is 0 Å². The molecule has 0 saturated heterocycles. The summed E-state index contributed by atoms with van der Waals surface area (Å²) in [7, 11) is 1.30. The van der Waals surface area contributed by atoms with Crippen LogP contribution in [0.15, 0.2) is 12.1 Å². The summed E-state index contributed by atoms with van der Waals surface area (Å²) in [6, 6.07) is 2.31. The molecule has 4 nitrogen and oxygen atoms in total. The topological polar surface area (TPSA) is 65.2 Å². The van der Waals surface area contributed by atoms with Crippen LogP contribution in [-0.2, 0) is 0 Å². The van der Waals surface area contributed by atoms with Gasteiger partial charge in [-0.3, -0.25) is 4.79 Å². The molecular weight excluding hydrogens is 194 g/mol. The molecular formula is C8H8F2N2O2. The molecule has 0 aliphatic carbocycles. The number of primary amides is 1. The zero-order valence-corrected chi connectivity index (χ0v) is 7.33. The molecule has 1 aromatic heterocycles. The second kappa shape index (κ2) is 3.99. The van der Waals surface area contributed by atoms with E-state index in [4.69, 9.17) is 10.5 Å².